The highest BCUT2D eigenvalue weighted by molar-refractivity contribution is 6.01. The monoisotopic (exact) mass is 381 g/mol. The third kappa shape index (κ3) is 6.03. The molecule has 152 valence electrons. The van der Waals surface area contributed by atoms with Gasteiger partial charge in [-0.1, -0.05) is 70.1 Å². The first-order valence-electron chi connectivity index (χ1n) is 11.2. The lowest BCUT2D eigenvalue weighted by atomic mass is 10.1. The van der Waals surface area contributed by atoms with Gasteiger partial charge >= 0.3 is 0 Å². The van der Waals surface area contributed by atoms with Crippen molar-refractivity contribution in [3.63, 3.8) is 0 Å². The molecule has 28 heavy (non-hydrogen) atoms. The molecule has 4 heteroatoms. The molecule has 0 fully saturated rings. The summed E-state index contributed by atoms with van der Waals surface area (Å²) in [6, 6.07) is 8.34. The van der Waals surface area contributed by atoms with E-state index < -0.39 is 0 Å². The van der Waals surface area contributed by atoms with Gasteiger partial charge in [0.1, 0.15) is 5.52 Å². The van der Waals surface area contributed by atoms with E-state index in [1.54, 1.807) is 0 Å². The Labute approximate surface area is 169 Å². The highest BCUT2D eigenvalue weighted by Crippen LogP contribution is 2.23. The van der Waals surface area contributed by atoms with Gasteiger partial charge in [0.2, 0.25) is 0 Å². The number of hydrogen-bond donors (Lipinski definition) is 0. The number of imidazole rings is 1. The van der Waals surface area contributed by atoms with Crippen LogP contribution in [0.1, 0.15) is 71.1 Å². The molecule has 0 unspecified atom stereocenters. The topological polar surface area (TPSA) is 39.9 Å². The van der Waals surface area contributed by atoms with E-state index in [0.717, 1.165) is 30.8 Å². The van der Waals surface area contributed by atoms with Gasteiger partial charge in [-0.25, -0.2) is 4.98 Å². The van der Waals surface area contributed by atoms with Crippen LogP contribution in [0.5, 0.6) is 0 Å². The Morgan fingerprint density at radius 1 is 0.786 bits per heavy atom. The van der Waals surface area contributed by atoms with Crippen molar-refractivity contribution in [1.82, 2.24) is 14.5 Å². The molecule has 0 atom stereocenters. The molecule has 0 bridgehead atoms. The quantitative estimate of drug-likeness (QED) is 0.298. The van der Waals surface area contributed by atoms with Crippen molar-refractivity contribution < 1.29 is 4.74 Å². The normalized spacial score (nSPS) is 11.6. The standard InChI is InChI=1S/C24H35N3O/c1-2-3-4-12-17-28-18-13-8-6-5-7-11-16-27-20-26-23-19-25-22-15-10-9-14-21(22)24(23)27/h9-10,14-15,19-20H,2-8,11-13,16-18H2,1H3. The summed E-state index contributed by atoms with van der Waals surface area (Å²) in [5, 5.41) is 1.20. The van der Waals surface area contributed by atoms with Gasteiger partial charge in [-0.05, 0) is 25.3 Å². The molecule has 0 saturated heterocycles. The Bertz CT molecular complexity index is 827. The second kappa shape index (κ2) is 11.8. The predicted octanol–water partition coefficient (Wildman–Crippen LogP) is 6.52. The zero-order chi connectivity index (χ0) is 19.4. The number of hydrogen-bond acceptors (Lipinski definition) is 3. The van der Waals surface area contributed by atoms with Gasteiger partial charge in [-0.2, -0.15) is 0 Å². The molecular formula is C24H35N3O. The van der Waals surface area contributed by atoms with Gasteiger partial charge in [0.05, 0.1) is 23.6 Å². The van der Waals surface area contributed by atoms with E-state index in [1.807, 2.05) is 18.6 Å². The van der Waals surface area contributed by atoms with Crippen LogP contribution in [0, 0.1) is 0 Å². The number of para-hydroxylation sites is 1. The first kappa shape index (κ1) is 20.8. The number of unbranched alkanes of at least 4 members (excludes halogenated alkanes) is 8. The van der Waals surface area contributed by atoms with E-state index in [4.69, 9.17) is 4.74 Å². The molecule has 0 aliphatic carbocycles. The highest BCUT2D eigenvalue weighted by Gasteiger charge is 2.07. The lowest BCUT2D eigenvalue weighted by molar-refractivity contribution is 0.125. The fraction of sp³-hybridized carbons (Fsp3) is 0.583. The Kier molecular flexibility index (Phi) is 8.76. The third-order valence-electron chi connectivity index (χ3n) is 5.43. The smallest absolute Gasteiger partial charge is 0.107 e. The molecule has 0 N–H and O–H groups in total. The minimum absolute atomic E-state index is 0.939. The lowest BCUT2D eigenvalue weighted by Gasteiger charge is -2.07. The van der Waals surface area contributed by atoms with Gasteiger partial charge in [-0.15, -0.1) is 0 Å². The largest absolute Gasteiger partial charge is 0.381 e. The number of aromatic nitrogens is 3. The number of fused-ring (bicyclic) bond motifs is 3. The summed E-state index contributed by atoms with van der Waals surface area (Å²) in [5.41, 5.74) is 3.26. The van der Waals surface area contributed by atoms with Crippen molar-refractivity contribution in [3.05, 3.63) is 36.8 Å². The van der Waals surface area contributed by atoms with Crippen molar-refractivity contribution in [3.8, 4) is 0 Å². The molecule has 0 spiro atoms. The Balaban J connectivity index is 1.30. The number of pyridine rings is 1. The molecule has 3 aromatic rings. The average Bonchev–Trinajstić information content (AvgIpc) is 3.15. The molecule has 0 radical (unpaired) electrons. The fourth-order valence-corrected chi connectivity index (χ4v) is 3.80. The van der Waals surface area contributed by atoms with Crippen molar-refractivity contribution in [2.45, 2.75) is 77.7 Å². The Morgan fingerprint density at radius 2 is 1.50 bits per heavy atom. The first-order valence-corrected chi connectivity index (χ1v) is 11.2. The van der Waals surface area contributed by atoms with Gasteiger partial charge in [0.25, 0.3) is 0 Å². The van der Waals surface area contributed by atoms with E-state index in [9.17, 15) is 0 Å². The molecule has 0 amide bonds. The highest BCUT2D eigenvalue weighted by atomic mass is 16.5. The molecule has 2 aromatic heterocycles. The van der Waals surface area contributed by atoms with Crippen molar-refractivity contribution in [2.24, 2.45) is 0 Å². The molecule has 1 aromatic carbocycles. The van der Waals surface area contributed by atoms with Crippen molar-refractivity contribution in [1.29, 1.82) is 0 Å². The van der Waals surface area contributed by atoms with E-state index in [0.29, 0.717) is 0 Å². The first-order chi connectivity index (χ1) is 13.9. The lowest BCUT2D eigenvalue weighted by Crippen LogP contribution is -1.98. The van der Waals surface area contributed by atoms with Gasteiger partial charge in [0.15, 0.2) is 0 Å². The van der Waals surface area contributed by atoms with Crippen LogP contribution >= 0.6 is 0 Å². The second-order valence-corrected chi connectivity index (χ2v) is 7.74. The summed E-state index contributed by atoms with van der Waals surface area (Å²) >= 11 is 0. The van der Waals surface area contributed by atoms with Crippen LogP contribution in [-0.2, 0) is 11.3 Å². The summed E-state index contributed by atoms with van der Waals surface area (Å²) in [5.74, 6) is 0. The second-order valence-electron chi connectivity index (χ2n) is 7.74. The molecule has 4 nitrogen and oxygen atoms in total. The van der Waals surface area contributed by atoms with Crippen LogP contribution in [0.3, 0.4) is 0 Å². The molecule has 3 rings (SSSR count). The number of aryl methyl sites for hydroxylation is 1. The molecule has 0 aliphatic rings. The fourth-order valence-electron chi connectivity index (χ4n) is 3.80. The van der Waals surface area contributed by atoms with Gasteiger partial charge in [0, 0.05) is 25.1 Å². The average molecular weight is 382 g/mol. The van der Waals surface area contributed by atoms with Crippen LogP contribution in [0.2, 0.25) is 0 Å². The third-order valence-corrected chi connectivity index (χ3v) is 5.43. The predicted molar refractivity (Wildman–Crippen MR) is 118 cm³/mol. The van der Waals surface area contributed by atoms with Crippen molar-refractivity contribution >= 4 is 21.9 Å². The molecule has 0 aliphatic heterocycles. The minimum atomic E-state index is 0.939. The van der Waals surface area contributed by atoms with E-state index in [2.05, 4.69) is 39.7 Å². The minimum Gasteiger partial charge on any atom is -0.381 e. The summed E-state index contributed by atoms with van der Waals surface area (Å²) in [4.78, 5) is 9.04. The maximum atomic E-state index is 5.72. The van der Waals surface area contributed by atoms with Gasteiger partial charge in [-0.3, -0.25) is 4.98 Å². The van der Waals surface area contributed by atoms with Crippen LogP contribution in [-0.4, -0.2) is 27.7 Å². The van der Waals surface area contributed by atoms with Gasteiger partial charge < -0.3 is 9.30 Å². The van der Waals surface area contributed by atoms with Crippen LogP contribution in [0.15, 0.2) is 36.8 Å². The SMILES string of the molecule is CCCCCCOCCCCCCCCn1cnc2cnc3ccccc3c21. The van der Waals surface area contributed by atoms with Crippen LogP contribution < -0.4 is 0 Å². The Morgan fingerprint density at radius 3 is 2.32 bits per heavy atom. The summed E-state index contributed by atoms with van der Waals surface area (Å²) in [6.07, 6.45) is 16.6. The molecule has 0 saturated carbocycles. The van der Waals surface area contributed by atoms with Crippen LogP contribution in [0.25, 0.3) is 21.9 Å². The molecular weight excluding hydrogens is 346 g/mol. The summed E-state index contributed by atoms with van der Waals surface area (Å²) in [6.45, 7) is 5.17. The molecule has 2 heterocycles. The summed E-state index contributed by atoms with van der Waals surface area (Å²) in [7, 11) is 0. The zero-order valence-electron chi connectivity index (χ0n) is 17.4. The number of nitrogens with zero attached hydrogens (tertiary/aromatic N) is 3. The van der Waals surface area contributed by atoms with Crippen LogP contribution in [0.4, 0.5) is 0 Å². The number of ether oxygens (including phenoxy) is 1. The maximum absolute atomic E-state index is 5.72. The zero-order valence-corrected chi connectivity index (χ0v) is 17.4. The van der Waals surface area contributed by atoms with E-state index in [1.165, 1.54) is 75.1 Å². The maximum Gasteiger partial charge on any atom is 0.107 e. The Hall–Kier alpha value is -1.94. The number of rotatable bonds is 14. The van der Waals surface area contributed by atoms with E-state index in [-0.39, 0.29) is 0 Å². The summed E-state index contributed by atoms with van der Waals surface area (Å²) < 4.78 is 8.01. The van der Waals surface area contributed by atoms with E-state index >= 15 is 0 Å². The number of benzene rings is 1. The van der Waals surface area contributed by atoms with Crippen molar-refractivity contribution in [2.75, 3.05) is 13.2 Å².